The number of aryl methyl sites for hydroxylation is 2. The molecule has 98 valence electrons. The second-order valence-corrected chi connectivity index (χ2v) is 5.71. The highest BCUT2D eigenvalue weighted by Gasteiger charge is 2.25. The van der Waals surface area contributed by atoms with Crippen LogP contribution in [0.25, 0.3) is 0 Å². The van der Waals surface area contributed by atoms with Crippen LogP contribution in [0.15, 0.2) is 4.47 Å². The molecule has 3 nitrogen and oxygen atoms in total. The van der Waals surface area contributed by atoms with E-state index >= 15 is 0 Å². The smallest absolute Gasteiger partial charge is 0.0766 e. The van der Waals surface area contributed by atoms with E-state index in [1.165, 1.54) is 10.2 Å². The van der Waals surface area contributed by atoms with Gasteiger partial charge in [-0.25, -0.2) is 0 Å². The van der Waals surface area contributed by atoms with Gasteiger partial charge in [0.15, 0.2) is 0 Å². The summed E-state index contributed by atoms with van der Waals surface area (Å²) in [5.74, 6) is 0. The average molecular weight is 302 g/mol. The molecule has 0 amide bonds. The zero-order valence-corrected chi connectivity index (χ0v) is 13.0. The van der Waals surface area contributed by atoms with E-state index in [0.717, 1.165) is 31.5 Å². The van der Waals surface area contributed by atoms with Crippen LogP contribution in [0.5, 0.6) is 0 Å². The maximum atomic E-state index is 5.90. The Hall–Kier alpha value is -0.350. The Morgan fingerprint density at radius 2 is 2.00 bits per heavy atom. The monoisotopic (exact) mass is 301 g/mol. The van der Waals surface area contributed by atoms with Crippen molar-refractivity contribution in [3.05, 3.63) is 15.9 Å². The number of aromatic nitrogens is 2. The van der Waals surface area contributed by atoms with Crippen LogP contribution >= 0.6 is 15.9 Å². The maximum absolute atomic E-state index is 5.90. The Bertz CT molecular complexity index is 367. The molecule has 1 unspecified atom stereocenters. The predicted octanol–water partition coefficient (Wildman–Crippen LogP) is 3.15. The number of rotatable bonds is 6. The molecule has 0 bridgehead atoms. The molecule has 1 heterocycles. The van der Waals surface area contributed by atoms with Crippen molar-refractivity contribution < 1.29 is 0 Å². The van der Waals surface area contributed by atoms with Gasteiger partial charge in [-0.05, 0) is 54.1 Å². The highest BCUT2D eigenvalue weighted by Crippen LogP contribution is 2.31. The van der Waals surface area contributed by atoms with Gasteiger partial charge in [0.1, 0.15) is 0 Å². The van der Waals surface area contributed by atoms with Crippen molar-refractivity contribution in [2.24, 2.45) is 11.1 Å². The number of nitrogens with two attached hydrogens (primary N) is 1. The van der Waals surface area contributed by atoms with Crippen LogP contribution in [0.1, 0.15) is 45.5 Å². The highest BCUT2D eigenvalue weighted by atomic mass is 79.9. The van der Waals surface area contributed by atoms with Crippen LogP contribution in [0, 0.1) is 5.41 Å². The van der Waals surface area contributed by atoms with E-state index in [1.54, 1.807) is 0 Å². The van der Waals surface area contributed by atoms with E-state index in [-0.39, 0.29) is 5.41 Å². The lowest BCUT2D eigenvalue weighted by atomic mass is 9.83. The summed E-state index contributed by atoms with van der Waals surface area (Å²) in [6.45, 7) is 10.4. The first-order valence-electron chi connectivity index (χ1n) is 6.45. The van der Waals surface area contributed by atoms with Crippen LogP contribution in [0.4, 0.5) is 0 Å². The van der Waals surface area contributed by atoms with Crippen LogP contribution in [0.3, 0.4) is 0 Å². The fourth-order valence-electron chi connectivity index (χ4n) is 1.93. The topological polar surface area (TPSA) is 43.8 Å². The van der Waals surface area contributed by atoms with Gasteiger partial charge >= 0.3 is 0 Å². The van der Waals surface area contributed by atoms with Crippen molar-refractivity contribution >= 4 is 15.9 Å². The minimum Gasteiger partial charge on any atom is -0.330 e. The molecule has 2 N–H and O–H groups in total. The molecule has 0 aliphatic heterocycles. The Morgan fingerprint density at radius 3 is 2.41 bits per heavy atom. The second kappa shape index (κ2) is 6.01. The Morgan fingerprint density at radius 1 is 1.35 bits per heavy atom. The van der Waals surface area contributed by atoms with E-state index in [9.17, 15) is 0 Å². The zero-order valence-electron chi connectivity index (χ0n) is 11.4. The van der Waals surface area contributed by atoms with E-state index in [4.69, 9.17) is 5.73 Å². The Kier molecular flexibility index (Phi) is 5.20. The normalized spacial score (nSPS) is 14.9. The molecule has 1 rings (SSSR count). The molecule has 17 heavy (non-hydrogen) atoms. The third-order valence-electron chi connectivity index (χ3n) is 3.63. The first-order valence-corrected chi connectivity index (χ1v) is 7.24. The summed E-state index contributed by atoms with van der Waals surface area (Å²) in [4.78, 5) is 0. The van der Waals surface area contributed by atoms with Gasteiger partial charge in [0.25, 0.3) is 0 Å². The molecular weight excluding hydrogens is 278 g/mol. The SMILES string of the molecule is CCc1nn(CC)c(CC(C)(CC)CN)c1Br. The summed E-state index contributed by atoms with van der Waals surface area (Å²) in [7, 11) is 0. The van der Waals surface area contributed by atoms with Gasteiger partial charge in [-0.1, -0.05) is 20.8 Å². The molecule has 1 aromatic heterocycles. The molecule has 0 fully saturated rings. The summed E-state index contributed by atoms with van der Waals surface area (Å²) in [5, 5.41) is 4.63. The predicted molar refractivity (Wildman–Crippen MR) is 76.1 cm³/mol. The molecule has 1 aromatic rings. The number of nitrogens with zero attached hydrogens (tertiary/aromatic N) is 2. The summed E-state index contributed by atoms with van der Waals surface area (Å²) in [6, 6.07) is 0. The van der Waals surface area contributed by atoms with E-state index < -0.39 is 0 Å². The van der Waals surface area contributed by atoms with Crippen molar-refractivity contribution in [2.45, 2.75) is 53.5 Å². The van der Waals surface area contributed by atoms with E-state index in [1.807, 2.05) is 0 Å². The molecule has 1 atom stereocenters. The molecule has 0 saturated carbocycles. The zero-order chi connectivity index (χ0) is 13.1. The van der Waals surface area contributed by atoms with Crippen molar-refractivity contribution in [1.82, 2.24) is 9.78 Å². The van der Waals surface area contributed by atoms with Crippen molar-refractivity contribution in [3.8, 4) is 0 Å². The lowest BCUT2D eigenvalue weighted by Crippen LogP contribution is -2.30. The first kappa shape index (κ1) is 14.7. The van der Waals surface area contributed by atoms with Gasteiger partial charge in [0.2, 0.25) is 0 Å². The van der Waals surface area contributed by atoms with Gasteiger partial charge in [-0.3, -0.25) is 4.68 Å². The van der Waals surface area contributed by atoms with Crippen LogP contribution in [-0.2, 0) is 19.4 Å². The maximum Gasteiger partial charge on any atom is 0.0766 e. The van der Waals surface area contributed by atoms with E-state index in [0.29, 0.717) is 6.54 Å². The van der Waals surface area contributed by atoms with Gasteiger partial charge in [-0.15, -0.1) is 0 Å². The number of hydrogen-bond donors (Lipinski definition) is 1. The van der Waals surface area contributed by atoms with Crippen LogP contribution in [-0.4, -0.2) is 16.3 Å². The fourth-order valence-corrected chi connectivity index (χ4v) is 2.64. The van der Waals surface area contributed by atoms with Gasteiger partial charge in [0, 0.05) is 6.54 Å². The fraction of sp³-hybridized carbons (Fsp3) is 0.769. The lowest BCUT2D eigenvalue weighted by Gasteiger charge is -2.26. The summed E-state index contributed by atoms with van der Waals surface area (Å²) in [6.07, 6.45) is 3.04. The van der Waals surface area contributed by atoms with Crippen molar-refractivity contribution in [3.63, 3.8) is 0 Å². The van der Waals surface area contributed by atoms with Crippen LogP contribution in [0.2, 0.25) is 0 Å². The molecule has 0 radical (unpaired) electrons. The molecule has 0 saturated heterocycles. The third-order valence-corrected chi connectivity index (χ3v) is 4.55. The molecular formula is C13H24BrN3. The third kappa shape index (κ3) is 3.10. The quantitative estimate of drug-likeness (QED) is 0.877. The summed E-state index contributed by atoms with van der Waals surface area (Å²) >= 11 is 3.69. The largest absolute Gasteiger partial charge is 0.330 e. The van der Waals surface area contributed by atoms with Crippen molar-refractivity contribution in [1.29, 1.82) is 0 Å². The second-order valence-electron chi connectivity index (χ2n) is 4.92. The van der Waals surface area contributed by atoms with Crippen LogP contribution < -0.4 is 5.73 Å². The average Bonchev–Trinajstić information content (AvgIpc) is 2.66. The van der Waals surface area contributed by atoms with E-state index in [2.05, 4.69) is 53.4 Å². The Balaban J connectivity index is 3.08. The molecule has 0 aliphatic rings. The van der Waals surface area contributed by atoms with Gasteiger partial charge in [0.05, 0.1) is 15.9 Å². The van der Waals surface area contributed by atoms with Gasteiger partial charge in [-0.2, -0.15) is 5.10 Å². The molecule has 0 aromatic carbocycles. The standard InChI is InChI=1S/C13H24BrN3/c1-5-10-12(14)11(17(7-3)16-10)8-13(4,6-2)9-15/h5-9,15H2,1-4H3. The van der Waals surface area contributed by atoms with Crippen molar-refractivity contribution in [2.75, 3.05) is 6.54 Å². The molecule has 0 spiro atoms. The minimum absolute atomic E-state index is 0.167. The van der Waals surface area contributed by atoms with Gasteiger partial charge < -0.3 is 5.73 Å². The minimum atomic E-state index is 0.167. The summed E-state index contributed by atoms with van der Waals surface area (Å²) in [5.41, 5.74) is 8.51. The summed E-state index contributed by atoms with van der Waals surface area (Å²) < 4.78 is 3.28. The molecule has 4 heteroatoms. The Labute approximate surface area is 113 Å². The number of hydrogen-bond acceptors (Lipinski definition) is 2. The highest BCUT2D eigenvalue weighted by molar-refractivity contribution is 9.10. The number of halogens is 1. The first-order chi connectivity index (χ1) is 8.01. The lowest BCUT2D eigenvalue weighted by molar-refractivity contribution is 0.310. The molecule has 0 aliphatic carbocycles.